The van der Waals surface area contributed by atoms with Gasteiger partial charge in [-0.15, -0.1) is 0 Å². The van der Waals surface area contributed by atoms with E-state index in [9.17, 15) is 24.3 Å². The third-order valence-electron chi connectivity index (χ3n) is 6.45. The summed E-state index contributed by atoms with van der Waals surface area (Å²) >= 11 is 0. The van der Waals surface area contributed by atoms with Crippen molar-refractivity contribution in [1.29, 1.82) is 0 Å². The van der Waals surface area contributed by atoms with Crippen LogP contribution in [-0.2, 0) is 27.4 Å². The molecule has 0 heterocycles. The van der Waals surface area contributed by atoms with Gasteiger partial charge in [0.25, 0.3) is 0 Å². The first-order valence-electron chi connectivity index (χ1n) is 14.6. The molecular formula is C31H46N6O6. The number of aliphatic hydroxyl groups is 1. The molecule has 1 unspecified atom stereocenters. The molecule has 0 aliphatic heterocycles. The zero-order valence-electron chi connectivity index (χ0n) is 25.3. The first-order chi connectivity index (χ1) is 20.6. The number of nitrogens with zero attached hydrogens (tertiary/aromatic N) is 1. The molecule has 0 aliphatic rings. The standard InChI is InChI=1S/C31H46N6O6/c1-4-5-16-33-36-30(41)37(19-22(2)3)20-27(38)25(17-23-12-8-6-9-13-23)34-29(40)26(18-28(32)39)35-31(42)43-21-24-14-10-7-11-15-24/h6-15,22,25-27,33,38H,4-5,16-21H2,1-3H3,(H2,32,39)(H,34,40)(H,35,42)(H,36,41)/t25-,26-,27?/m0/s1. The van der Waals surface area contributed by atoms with Gasteiger partial charge in [-0.3, -0.25) is 15.0 Å². The van der Waals surface area contributed by atoms with Gasteiger partial charge in [-0.1, -0.05) is 87.9 Å². The van der Waals surface area contributed by atoms with Gasteiger partial charge in [-0.25, -0.2) is 15.0 Å². The summed E-state index contributed by atoms with van der Waals surface area (Å²) in [5.74, 6) is -1.42. The van der Waals surface area contributed by atoms with E-state index in [0.29, 0.717) is 13.1 Å². The molecule has 236 valence electrons. The van der Waals surface area contributed by atoms with Gasteiger partial charge in [0.15, 0.2) is 0 Å². The number of ether oxygens (including phenoxy) is 1. The van der Waals surface area contributed by atoms with Crippen LogP contribution in [0, 0.1) is 5.92 Å². The fraction of sp³-hybridized carbons (Fsp3) is 0.484. The van der Waals surface area contributed by atoms with Gasteiger partial charge >= 0.3 is 12.1 Å². The molecule has 0 bridgehead atoms. The maximum Gasteiger partial charge on any atom is 0.408 e. The molecule has 0 radical (unpaired) electrons. The fourth-order valence-corrected chi connectivity index (χ4v) is 4.27. The smallest absolute Gasteiger partial charge is 0.408 e. The number of amides is 5. The van der Waals surface area contributed by atoms with Gasteiger partial charge in [0.1, 0.15) is 12.6 Å². The van der Waals surface area contributed by atoms with Gasteiger partial charge in [0.05, 0.1) is 25.1 Å². The second-order valence-corrected chi connectivity index (χ2v) is 10.8. The minimum atomic E-state index is -1.34. The number of hydrogen-bond donors (Lipinski definition) is 6. The maximum absolute atomic E-state index is 13.4. The first-order valence-corrected chi connectivity index (χ1v) is 14.6. The Morgan fingerprint density at radius 2 is 1.56 bits per heavy atom. The van der Waals surface area contributed by atoms with E-state index in [1.54, 1.807) is 24.3 Å². The number of urea groups is 1. The van der Waals surface area contributed by atoms with Gasteiger partial charge in [-0.05, 0) is 29.9 Å². The number of benzene rings is 2. The number of alkyl carbamates (subject to hydrolysis) is 1. The molecule has 0 saturated carbocycles. The van der Waals surface area contributed by atoms with Crippen molar-refractivity contribution in [3.63, 3.8) is 0 Å². The second-order valence-electron chi connectivity index (χ2n) is 10.8. The summed E-state index contributed by atoms with van der Waals surface area (Å²) in [6, 6.07) is 15.6. The lowest BCUT2D eigenvalue weighted by molar-refractivity contribution is -0.128. The number of carbonyl (C=O) groups excluding carboxylic acids is 4. The second kappa shape index (κ2) is 19.1. The van der Waals surface area contributed by atoms with E-state index in [4.69, 9.17) is 10.5 Å². The molecule has 2 aromatic rings. The Morgan fingerprint density at radius 3 is 2.14 bits per heavy atom. The Kier molecular flexibility index (Phi) is 15.6. The molecule has 0 spiro atoms. The van der Waals surface area contributed by atoms with Crippen molar-refractivity contribution in [2.75, 3.05) is 19.6 Å². The largest absolute Gasteiger partial charge is 0.445 e. The van der Waals surface area contributed by atoms with Gasteiger partial charge in [-0.2, -0.15) is 0 Å². The summed E-state index contributed by atoms with van der Waals surface area (Å²) in [5, 5.41) is 16.5. The molecule has 43 heavy (non-hydrogen) atoms. The van der Waals surface area contributed by atoms with Crippen LogP contribution in [0.1, 0.15) is 51.2 Å². The van der Waals surface area contributed by atoms with Gasteiger partial charge in [0.2, 0.25) is 11.8 Å². The molecule has 0 aromatic heterocycles. The van der Waals surface area contributed by atoms with E-state index in [1.165, 1.54) is 4.90 Å². The zero-order chi connectivity index (χ0) is 31.6. The molecule has 0 fully saturated rings. The Hall–Kier alpha value is -4.16. The van der Waals surface area contributed by atoms with Crippen LogP contribution >= 0.6 is 0 Å². The molecule has 12 nitrogen and oxygen atoms in total. The fourth-order valence-electron chi connectivity index (χ4n) is 4.27. The lowest BCUT2D eigenvalue weighted by atomic mass is 9.99. The third kappa shape index (κ3) is 14.0. The van der Waals surface area contributed by atoms with Crippen molar-refractivity contribution in [3.8, 4) is 0 Å². The highest BCUT2D eigenvalue weighted by molar-refractivity contribution is 5.90. The van der Waals surface area contributed by atoms with Crippen LogP contribution in [0.4, 0.5) is 9.59 Å². The van der Waals surface area contributed by atoms with Gasteiger partial charge in [0, 0.05) is 13.1 Å². The minimum Gasteiger partial charge on any atom is -0.445 e. The summed E-state index contributed by atoms with van der Waals surface area (Å²) in [4.78, 5) is 52.1. The van der Waals surface area contributed by atoms with Crippen LogP contribution < -0.4 is 27.2 Å². The molecule has 0 saturated heterocycles. The van der Waals surface area contributed by atoms with Crippen LogP contribution in [0.2, 0.25) is 0 Å². The van der Waals surface area contributed by atoms with Crippen molar-refractivity contribution < 1.29 is 29.0 Å². The Balaban J connectivity index is 2.17. The summed E-state index contributed by atoms with van der Waals surface area (Å²) in [5.41, 5.74) is 12.5. The van der Waals surface area contributed by atoms with Crippen LogP contribution in [0.3, 0.4) is 0 Å². The topological polar surface area (TPSA) is 175 Å². The number of carbonyl (C=O) groups is 4. The van der Waals surface area contributed by atoms with Crippen molar-refractivity contribution in [1.82, 2.24) is 26.4 Å². The molecule has 3 atom stereocenters. The average Bonchev–Trinajstić information content (AvgIpc) is 2.97. The van der Waals surface area contributed by atoms with Crippen molar-refractivity contribution in [2.45, 2.75) is 71.2 Å². The first kappa shape index (κ1) is 35.0. The monoisotopic (exact) mass is 598 g/mol. The van der Waals surface area contributed by atoms with E-state index in [1.807, 2.05) is 57.2 Å². The molecular weight excluding hydrogens is 552 g/mol. The van der Waals surface area contributed by atoms with Crippen LogP contribution in [-0.4, -0.2) is 71.8 Å². The van der Waals surface area contributed by atoms with E-state index >= 15 is 0 Å². The van der Waals surface area contributed by atoms with Crippen molar-refractivity contribution >= 4 is 23.9 Å². The highest BCUT2D eigenvalue weighted by atomic mass is 16.5. The van der Waals surface area contributed by atoms with E-state index in [2.05, 4.69) is 21.5 Å². The Labute approximate surface area is 253 Å². The van der Waals surface area contributed by atoms with Gasteiger partial charge < -0.3 is 31.1 Å². The number of nitrogens with two attached hydrogens (primary N) is 1. The molecule has 12 heteroatoms. The summed E-state index contributed by atoms with van der Waals surface area (Å²) < 4.78 is 5.21. The number of hydrazine groups is 1. The highest BCUT2D eigenvalue weighted by Gasteiger charge is 2.30. The summed E-state index contributed by atoms with van der Waals surface area (Å²) in [6.07, 6.45) is -0.496. The number of aliphatic hydroxyl groups excluding tert-OH is 1. The quantitative estimate of drug-likeness (QED) is 0.113. The molecule has 5 amide bonds. The minimum absolute atomic E-state index is 0.0337. The Bertz CT molecular complexity index is 1130. The van der Waals surface area contributed by atoms with E-state index in [-0.39, 0.29) is 25.5 Å². The average molecular weight is 599 g/mol. The maximum atomic E-state index is 13.4. The molecule has 2 rings (SSSR count). The predicted octanol–water partition coefficient (Wildman–Crippen LogP) is 2.22. The number of primary amides is 1. The van der Waals surface area contributed by atoms with E-state index < -0.39 is 48.5 Å². The lowest BCUT2D eigenvalue weighted by Gasteiger charge is -2.32. The number of unbranched alkanes of at least 4 members (excludes halogenated alkanes) is 1. The SMILES string of the molecule is CCCCNNC(=O)N(CC(C)C)CC(O)[C@H](Cc1ccccc1)NC(=O)[C@H](CC(N)=O)NC(=O)OCc1ccccc1. The third-order valence-corrected chi connectivity index (χ3v) is 6.45. The number of nitrogens with one attached hydrogen (secondary N) is 4. The number of hydrogen-bond acceptors (Lipinski definition) is 7. The van der Waals surface area contributed by atoms with Crippen molar-refractivity contribution in [3.05, 3.63) is 71.8 Å². The summed E-state index contributed by atoms with van der Waals surface area (Å²) in [7, 11) is 0. The summed E-state index contributed by atoms with van der Waals surface area (Å²) in [6.45, 7) is 6.81. The highest BCUT2D eigenvalue weighted by Crippen LogP contribution is 2.11. The Morgan fingerprint density at radius 1 is 0.930 bits per heavy atom. The number of rotatable bonds is 18. The van der Waals surface area contributed by atoms with Crippen LogP contribution in [0.25, 0.3) is 0 Å². The van der Waals surface area contributed by atoms with E-state index in [0.717, 1.165) is 24.0 Å². The lowest BCUT2D eigenvalue weighted by Crippen LogP contribution is -2.57. The van der Waals surface area contributed by atoms with Crippen molar-refractivity contribution in [2.24, 2.45) is 11.7 Å². The predicted molar refractivity (Wildman–Crippen MR) is 163 cm³/mol. The molecule has 0 aliphatic carbocycles. The molecule has 7 N–H and O–H groups in total. The normalized spacial score (nSPS) is 13.0. The molecule has 2 aromatic carbocycles. The van der Waals surface area contributed by atoms with Crippen LogP contribution in [0.15, 0.2) is 60.7 Å². The zero-order valence-corrected chi connectivity index (χ0v) is 25.3. The van der Waals surface area contributed by atoms with Crippen LogP contribution in [0.5, 0.6) is 0 Å².